The molecule has 1 unspecified atom stereocenters. The maximum absolute atomic E-state index is 13.3. The van der Waals surface area contributed by atoms with Crippen LogP contribution in [0.15, 0.2) is 79.0 Å². The van der Waals surface area contributed by atoms with Gasteiger partial charge in [0.1, 0.15) is 23.5 Å². The van der Waals surface area contributed by atoms with E-state index >= 15 is 0 Å². The molecule has 1 atom stereocenters. The van der Waals surface area contributed by atoms with Crippen molar-refractivity contribution in [3.63, 3.8) is 0 Å². The van der Waals surface area contributed by atoms with Crippen molar-refractivity contribution in [1.29, 1.82) is 0 Å². The normalized spacial score (nSPS) is 13.7. The third-order valence-electron chi connectivity index (χ3n) is 6.21. The minimum Gasteiger partial charge on any atom is -0.491 e. The van der Waals surface area contributed by atoms with Gasteiger partial charge < -0.3 is 9.47 Å². The van der Waals surface area contributed by atoms with E-state index in [1.165, 1.54) is 12.1 Å². The van der Waals surface area contributed by atoms with E-state index < -0.39 is 29.0 Å². The first-order chi connectivity index (χ1) is 17.9. The Kier molecular flexibility index (Phi) is 7.40. The van der Waals surface area contributed by atoms with E-state index in [9.17, 15) is 18.0 Å². The summed E-state index contributed by atoms with van der Waals surface area (Å²) in [5.41, 5.74) is -0.562. The molecule has 9 heteroatoms. The predicted molar refractivity (Wildman–Crippen MR) is 140 cm³/mol. The lowest BCUT2D eigenvalue weighted by atomic mass is 9.87. The Balaban J connectivity index is 1.80. The summed E-state index contributed by atoms with van der Waals surface area (Å²) in [6, 6.07) is 19.6. The van der Waals surface area contributed by atoms with Gasteiger partial charge in [0.15, 0.2) is 0 Å². The number of halogens is 3. The summed E-state index contributed by atoms with van der Waals surface area (Å²) in [5.74, 6) is 0.626. The Labute approximate surface area is 219 Å². The number of fused-ring (bicyclic) bond motifs is 1. The fourth-order valence-corrected chi connectivity index (χ4v) is 4.33. The van der Waals surface area contributed by atoms with Gasteiger partial charge in [0.2, 0.25) is 0 Å². The molecule has 1 heterocycles. The first kappa shape index (κ1) is 27.0. The zero-order valence-electron chi connectivity index (χ0n) is 21.7. The summed E-state index contributed by atoms with van der Waals surface area (Å²) in [4.78, 5) is 12.5. The highest BCUT2D eigenvalue weighted by atomic mass is 19.4. The lowest BCUT2D eigenvalue weighted by molar-refractivity contribution is -0.137. The van der Waals surface area contributed by atoms with E-state index in [0.717, 1.165) is 12.1 Å². The summed E-state index contributed by atoms with van der Waals surface area (Å²) in [7, 11) is 0. The average Bonchev–Trinajstić information content (AvgIpc) is 3.30. The third-order valence-corrected chi connectivity index (χ3v) is 6.21. The van der Waals surface area contributed by atoms with Crippen LogP contribution in [-0.2, 0) is 16.5 Å². The molecular formula is C29H30F3N3O3. The largest absolute Gasteiger partial charge is 0.491 e. The van der Waals surface area contributed by atoms with Gasteiger partial charge in [0, 0.05) is 5.39 Å². The quantitative estimate of drug-likeness (QED) is 0.269. The van der Waals surface area contributed by atoms with Crippen LogP contribution in [0.5, 0.6) is 5.75 Å². The van der Waals surface area contributed by atoms with Crippen LogP contribution in [0.25, 0.3) is 10.9 Å². The number of alkyl halides is 3. The van der Waals surface area contributed by atoms with E-state index in [2.05, 4.69) is 10.4 Å². The third kappa shape index (κ3) is 5.77. The molecule has 0 aliphatic carbocycles. The summed E-state index contributed by atoms with van der Waals surface area (Å²) >= 11 is 0. The number of anilines is 1. The summed E-state index contributed by atoms with van der Waals surface area (Å²) in [6.07, 6.45) is -2.96. The second-order valence-corrected chi connectivity index (χ2v) is 9.98. The molecule has 4 rings (SSSR count). The Morgan fingerprint density at radius 1 is 0.921 bits per heavy atom. The molecule has 200 valence electrons. The smallest absolute Gasteiger partial charge is 0.416 e. The number of amides is 1. The Morgan fingerprint density at radius 2 is 1.58 bits per heavy atom. The molecule has 0 bridgehead atoms. The lowest BCUT2D eigenvalue weighted by Crippen LogP contribution is -2.41. The van der Waals surface area contributed by atoms with E-state index in [-0.39, 0.29) is 6.61 Å². The SMILES string of the molecule is CCC(COc1ccccc1)(c1ccc(C(F)(F)F)cc1)n1ncc2c(NC(=O)OC(C)(C)C)cccc21. The van der Waals surface area contributed by atoms with Crippen molar-refractivity contribution >= 4 is 22.7 Å². The topological polar surface area (TPSA) is 65.4 Å². The van der Waals surface area contributed by atoms with Gasteiger partial charge in [0.25, 0.3) is 0 Å². The predicted octanol–water partition coefficient (Wildman–Crippen LogP) is 7.63. The molecule has 0 fully saturated rings. The number of benzene rings is 3. The molecular weight excluding hydrogens is 495 g/mol. The fourth-order valence-electron chi connectivity index (χ4n) is 4.33. The molecule has 0 radical (unpaired) electrons. The fraction of sp³-hybridized carbons (Fsp3) is 0.310. The number of carbonyl (C=O) groups excluding carboxylic acids is 1. The van der Waals surface area contributed by atoms with Crippen LogP contribution in [0.3, 0.4) is 0 Å². The molecule has 0 saturated heterocycles. The van der Waals surface area contributed by atoms with Crippen molar-refractivity contribution in [3.8, 4) is 5.75 Å². The molecule has 3 aromatic carbocycles. The molecule has 38 heavy (non-hydrogen) atoms. The Bertz CT molecular complexity index is 1390. The van der Waals surface area contributed by atoms with Gasteiger partial charge in [-0.25, -0.2) is 4.79 Å². The molecule has 1 amide bonds. The highest BCUT2D eigenvalue weighted by Crippen LogP contribution is 2.37. The monoisotopic (exact) mass is 525 g/mol. The highest BCUT2D eigenvalue weighted by molar-refractivity contribution is 5.99. The van der Waals surface area contributed by atoms with E-state index in [0.29, 0.717) is 34.3 Å². The first-order valence-electron chi connectivity index (χ1n) is 12.3. The number of nitrogens with one attached hydrogen (secondary N) is 1. The number of rotatable bonds is 7. The maximum Gasteiger partial charge on any atom is 0.416 e. The van der Waals surface area contributed by atoms with Crippen LogP contribution in [-0.4, -0.2) is 28.1 Å². The van der Waals surface area contributed by atoms with Gasteiger partial charge in [-0.05, 0) is 69.2 Å². The molecule has 1 N–H and O–H groups in total. The minimum atomic E-state index is -4.45. The van der Waals surface area contributed by atoms with E-state index in [1.54, 1.807) is 43.8 Å². The number of ether oxygens (including phenoxy) is 2. The van der Waals surface area contributed by atoms with Crippen molar-refractivity contribution in [3.05, 3.63) is 90.1 Å². The van der Waals surface area contributed by atoms with E-state index in [4.69, 9.17) is 9.47 Å². The van der Waals surface area contributed by atoms with Gasteiger partial charge in [-0.2, -0.15) is 18.3 Å². The van der Waals surface area contributed by atoms with Gasteiger partial charge in [-0.3, -0.25) is 10.00 Å². The zero-order valence-corrected chi connectivity index (χ0v) is 21.7. The number of nitrogens with zero attached hydrogens (tertiary/aromatic N) is 2. The number of aromatic nitrogens is 2. The molecule has 6 nitrogen and oxygen atoms in total. The average molecular weight is 526 g/mol. The van der Waals surface area contributed by atoms with Crippen LogP contribution in [0.1, 0.15) is 45.2 Å². The Hall–Kier alpha value is -4.01. The van der Waals surface area contributed by atoms with E-state index in [1.807, 2.05) is 43.3 Å². The van der Waals surface area contributed by atoms with Gasteiger partial charge in [0.05, 0.1) is 23.0 Å². The standard InChI is InChI=1S/C29H30F3N3O3/c1-5-28(19-37-22-10-7-6-8-11-22,20-14-16-21(17-15-20)29(30,31)32)35-25-13-9-12-24(23(25)18-33-35)34-26(36)38-27(2,3)4/h6-18H,5,19H2,1-4H3,(H,34,36). The van der Waals surface area contributed by atoms with Gasteiger partial charge in [-0.1, -0.05) is 43.3 Å². The van der Waals surface area contributed by atoms with Crippen LogP contribution in [0.2, 0.25) is 0 Å². The zero-order chi connectivity index (χ0) is 27.6. The number of para-hydroxylation sites is 1. The van der Waals surface area contributed by atoms with Crippen molar-refractivity contribution in [2.75, 3.05) is 11.9 Å². The highest BCUT2D eigenvalue weighted by Gasteiger charge is 2.38. The van der Waals surface area contributed by atoms with Crippen LogP contribution in [0.4, 0.5) is 23.7 Å². The second-order valence-electron chi connectivity index (χ2n) is 9.98. The van der Waals surface area contributed by atoms with Gasteiger partial charge in [-0.15, -0.1) is 0 Å². The minimum absolute atomic E-state index is 0.110. The van der Waals surface area contributed by atoms with Crippen molar-refractivity contribution < 1.29 is 27.4 Å². The first-order valence-corrected chi connectivity index (χ1v) is 12.3. The van der Waals surface area contributed by atoms with Crippen molar-refractivity contribution in [2.45, 2.75) is 51.4 Å². The number of hydrogen-bond acceptors (Lipinski definition) is 4. The lowest BCUT2D eigenvalue weighted by Gasteiger charge is -2.34. The molecule has 0 aliphatic heterocycles. The molecule has 0 aliphatic rings. The second kappa shape index (κ2) is 10.4. The summed E-state index contributed by atoms with van der Waals surface area (Å²) in [5, 5.41) is 8.09. The number of carbonyl (C=O) groups is 1. The maximum atomic E-state index is 13.3. The summed E-state index contributed by atoms with van der Waals surface area (Å²) in [6.45, 7) is 7.37. The van der Waals surface area contributed by atoms with Crippen LogP contribution in [0, 0.1) is 0 Å². The van der Waals surface area contributed by atoms with Gasteiger partial charge >= 0.3 is 12.3 Å². The van der Waals surface area contributed by atoms with Crippen LogP contribution < -0.4 is 10.1 Å². The molecule has 0 saturated carbocycles. The Morgan fingerprint density at radius 3 is 2.18 bits per heavy atom. The molecule has 0 spiro atoms. The molecule has 4 aromatic rings. The van der Waals surface area contributed by atoms with Crippen LogP contribution >= 0.6 is 0 Å². The summed E-state index contributed by atoms with van der Waals surface area (Å²) < 4.78 is 53.3. The molecule has 1 aromatic heterocycles. The van der Waals surface area contributed by atoms with Crippen molar-refractivity contribution in [1.82, 2.24) is 9.78 Å². The van der Waals surface area contributed by atoms with Crippen molar-refractivity contribution in [2.24, 2.45) is 0 Å². The number of hydrogen-bond donors (Lipinski definition) is 1.